The number of carbonyl (C=O) groups excluding carboxylic acids is 1. The van der Waals surface area contributed by atoms with Crippen LogP contribution in [0.15, 0.2) is 52.4 Å². The monoisotopic (exact) mass is 489 g/mol. The third-order valence-electron chi connectivity index (χ3n) is 6.52. The summed E-state index contributed by atoms with van der Waals surface area (Å²) in [5.41, 5.74) is 3.52. The van der Waals surface area contributed by atoms with Crippen LogP contribution < -0.4 is 10.9 Å². The van der Waals surface area contributed by atoms with Crippen molar-refractivity contribution in [2.75, 3.05) is 0 Å². The number of hydrogen-bond donors (Lipinski definition) is 1. The first-order chi connectivity index (χ1) is 16.9. The molecule has 1 N–H and O–H groups in total. The molecule has 1 aliphatic carbocycles. The second-order valence-electron chi connectivity index (χ2n) is 9.89. The van der Waals surface area contributed by atoms with Crippen molar-refractivity contribution in [3.63, 3.8) is 0 Å². The van der Waals surface area contributed by atoms with Crippen molar-refractivity contribution in [2.45, 2.75) is 70.0 Å². The minimum absolute atomic E-state index is 0.0969. The van der Waals surface area contributed by atoms with Gasteiger partial charge in [0.05, 0.1) is 10.9 Å². The summed E-state index contributed by atoms with van der Waals surface area (Å²) in [6.07, 6.45) is 4.35. The van der Waals surface area contributed by atoms with Crippen LogP contribution in [0.3, 0.4) is 0 Å². The van der Waals surface area contributed by atoms with Crippen molar-refractivity contribution in [1.29, 1.82) is 0 Å². The van der Waals surface area contributed by atoms with Gasteiger partial charge >= 0.3 is 0 Å². The van der Waals surface area contributed by atoms with Gasteiger partial charge in [0, 0.05) is 23.9 Å². The van der Waals surface area contributed by atoms with Crippen LogP contribution in [0, 0.1) is 12.8 Å². The van der Waals surface area contributed by atoms with Crippen LogP contribution in [-0.2, 0) is 12.3 Å². The van der Waals surface area contributed by atoms with E-state index in [9.17, 15) is 9.59 Å². The highest BCUT2D eigenvalue weighted by Gasteiger charge is 2.21. The fourth-order valence-corrected chi connectivity index (χ4v) is 5.72. The van der Waals surface area contributed by atoms with Crippen molar-refractivity contribution in [1.82, 2.24) is 24.5 Å². The SMILES string of the molecule is Cc1cccc(CSc2nnc3n(CC(C)C)c(=O)c4ccc(C(=O)NC5CCCC5)cc4n23)c1. The average molecular weight is 490 g/mol. The number of rotatable bonds is 7. The maximum absolute atomic E-state index is 13.4. The van der Waals surface area contributed by atoms with E-state index in [-0.39, 0.29) is 23.4 Å². The van der Waals surface area contributed by atoms with E-state index in [1.165, 1.54) is 11.1 Å². The van der Waals surface area contributed by atoms with E-state index in [0.29, 0.717) is 33.9 Å². The topological polar surface area (TPSA) is 81.3 Å². The smallest absolute Gasteiger partial charge is 0.262 e. The molecule has 35 heavy (non-hydrogen) atoms. The van der Waals surface area contributed by atoms with E-state index in [1.54, 1.807) is 28.5 Å². The van der Waals surface area contributed by atoms with Gasteiger partial charge in [-0.2, -0.15) is 0 Å². The van der Waals surface area contributed by atoms with Gasteiger partial charge in [0.15, 0.2) is 5.16 Å². The summed E-state index contributed by atoms with van der Waals surface area (Å²) in [6.45, 7) is 6.78. The highest BCUT2D eigenvalue weighted by atomic mass is 32.2. The van der Waals surface area contributed by atoms with E-state index in [4.69, 9.17) is 0 Å². The van der Waals surface area contributed by atoms with Crippen molar-refractivity contribution in [3.05, 3.63) is 69.5 Å². The van der Waals surface area contributed by atoms with E-state index in [1.807, 2.05) is 10.5 Å². The zero-order valence-electron chi connectivity index (χ0n) is 20.5. The lowest BCUT2D eigenvalue weighted by atomic mass is 10.1. The number of aryl methyl sites for hydroxylation is 1. The Hall–Kier alpha value is -3.13. The Kier molecular flexibility index (Phi) is 6.65. The summed E-state index contributed by atoms with van der Waals surface area (Å²) < 4.78 is 3.64. The molecular formula is C27H31N5O2S. The first kappa shape index (κ1) is 23.6. The third kappa shape index (κ3) is 4.85. The molecule has 0 unspecified atom stereocenters. The lowest BCUT2D eigenvalue weighted by Gasteiger charge is -2.15. The number of hydrogen-bond acceptors (Lipinski definition) is 5. The van der Waals surface area contributed by atoms with Gasteiger partial charge in [0.2, 0.25) is 5.78 Å². The van der Waals surface area contributed by atoms with Gasteiger partial charge in [0.25, 0.3) is 11.5 Å². The molecule has 8 heteroatoms. The Morgan fingerprint density at radius 3 is 2.69 bits per heavy atom. The molecule has 1 fully saturated rings. The molecule has 2 aromatic heterocycles. The quantitative estimate of drug-likeness (QED) is 0.371. The van der Waals surface area contributed by atoms with E-state index < -0.39 is 0 Å². The van der Waals surface area contributed by atoms with Crippen molar-refractivity contribution in [3.8, 4) is 0 Å². The summed E-state index contributed by atoms with van der Waals surface area (Å²) in [6, 6.07) is 14.0. The Morgan fingerprint density at radius 1 is 1.14 bits per heavy atom. The number of nitrogens with zero attached hydrogens (tertiary/aromatic N) is 4. The molecule has 1 saturated carbocycles. The molecule has 2 aromatic carbocycles. The highest BCUT2D eigenvalue weighted by Crippen LogP contribution is 2.26. The van der Waals surface area contributed by atoms with E-state index in [2.05, 4.69) is 60.6 Å². The molecule has 0 saturated heterocycles. The normalized spacial score (nSPS) is 14.4. The minimum Gasteiger partial charge on any atom is -0.349 e. The van der Waals surface area contributed by atoms with Gasteiger partial charge in [-0.05, 0) is 49.4 Å². The number of nitrogens with one attached hydrogen (secondary N) is 1. The number of amides is 1. The number of benzene rings is 2. The molecule has 0 atom stereocenters. The molecular weight excluding hydrogens is 458 g/mol. The van der Waals surface area contributed by atoms with Gasteiger partial charge in [0.1, 0.15) is 0 Å². The predicted molar refractivity (Wildman–Crippen MR) is 140 cm³/mol. The lowest BCUT2D eigenvalue weighted by Crippen LogP contribution is -2.32. The molecule has 0 spiro atoms. The summed E-state index contributed by atoms with van der Waals surface area (Å²) in [5.74, 6) is 1.41. The number of fused-ring (bicyclic) bond motifs is 3. The fourth-order valence-electron chi connectivity index (χ4n) is 4.83. The largest absolute Gasteiger partial charge is 0.349 e. The summed E-state index contributed by atoms with van der Waals surface area (Å²) in [4.78, 5) is 26.4. The fraction of sp³-hybridized carbons (Fsp3) is 0.407. The summed E-state index contributed by atoms with van der Waals surface area (Å²) in [7, 11) is 0. The Labute approximate surface area is 208 Å². The van der Waals surface area contributed by atoms with Crippen LogP contribution in [0.4, 0.5) is 0 Å². The van der Waals surface area contributed by atoms with Gasteiger partial charge in [-0.15, -0.1) is 10.2 Å². The number of carbonyl (C=O) groups is 1. The first-order valence-electron chi connectivity index (χ1n) is 12.3. The zero-order valence-corrected chi connectivity index (χ0v) is 21.3. The summed E-state index contributed by atoms with van der Waals surface area (Å²) >= 11 is 1.58. The Balaban J connectivity index is 1.60. The molecule has 4 aromatic rings. The van der Waals surface area contributed by atoms with Crippen LogP contribution in [-0.4, -0.2) is 31.1 Å². The predicted octanol–water partition coefficient (Wildman–Crippen LogP) is 4.97. The zero-order chi connectivity index (χ0) is 24.5. The van der Waals surface area contributed by atoms with E-state index >= 15 is 0 Å². The molecule has 7 nitrogen and oxygen atoms in total. The summed E-state index contributed by atoms with van der Waals surface area (Å²) in [5, 5.41) is 13.3. The average Bonchev–Trinajstić information content (AvgIpc) is 3.50. The van der Waals surface area contributed by atoms with Crippen molar-refractivity contribution in [2.24, 2.45) is 5.92 Å². The van der Waals surface area contributed by atoms with Gasteiger partial charge in [-0.3, -0.25) is 18.6 Å². The van der Waals surface area contributed by atoms with Crippen LogP contribution in [0.25, 0.3) is 16.7 Å². The second kappa shape index (κ2) is 9.85. The van der Waals surface area contributed by atoms with Crippen LogP contribution in [0.5, 0.6) is 0 Å². The molecule has 0 radical (unpaired) electrons. The molecule has 5 rings (SSSR count). The van der Waals surface area contributed by atoms with Gasteiger partial charge < -0.3 is 5.32 Å². The number of aromatic nitrogens is 4. The molecule has 2 heterocycles. The molecule has 0 bridgehead atoms. The van der Waals surface area contributed by atoms with E-state index in [0.717, 1.165) is 31.4 Å². The first-order valence-corrected chi connectivity index (χ1v) is 13.3. The molecule has 1 aliphatic rings. The molecule has 0 aliphatic heterocycles. The van der Waals surface area contributed by atoms with Crippen LogP contribution in [0.1, 0.15) is 61.0 Å². The van der Waals surface area contributed by atoms with Gasteiger partial charge in [-0.1, -0.05) is 68.3 Å². The maximum atomic E-state index is 13.4. The van der Waals surface area contributed by atoms with Crippen molar-refractivity contribution < 1.29 is 4.79 Å². The highest BCUT2D eigenvalue weighted by molar-refractivity contribution is 7.98. The number of thioether (sulfide) groups is 1. The third-order valence-corrected chi connectivity index (χ3v) is 7.52. The minimum atomic E-state index is -0.105. The molecule has 1 amide bonds. The maximum Gasteiger partial charge on any atom is 0.262 e. The van der Waals surface area contributed by atoms with Crippen LogP contribution >= 0.6 is 11.8 Å². The second-order valence-corrected chi connectivity index (χ2v) is 10.8. The lowest BCUT2D eigenvalue weighted by molar-refractivity contribution is 0.0938. The Bertz CT molecular complexity index is 1450. The standard InChI is InChI=1S/C27H31N5O2S/c1-17(2)15-31-25(34)22-12-11-20(24(33)28-21-9-4-5-10-21)14-23(22)32-26(31)29-30-27(32)35-16-19-8-6-7-18(3)13-19/h6-8,11-14,17,21H,4-5,9-10,15-16H2,1-3H3,(H,28,33). The van der Waals surface area contributed by atoms with Gasteiger partial charge in [-0.25, -0.2) is 0 Å². The molecule has 182 valence electrons. The Morgan fingerprint density at radius 2 is 1.94 bits per heavy atom. The van der Waals surface area contributed by atoms with Crippen molar-refractivity contribution >= 4 is 34.3 Å². The van der Waals surface area contributed by atoms with Crippen LogP contribution in [0.2, 0.25) is 0 Å².